The Bertz CT molecular complexity index is 921. The SMILES string of the molecule is COc1cccc(C(=O)COC(=O)[C@H]2CC(=O)N(c3ccc(C)cc3C)C2)c1. The van der Waals surface area contributed by atoms with E-state index in [1.165, 1.54) is 7.11 Å². The van der Waals surface area contributed by atoms with Gasteiger partial charge in [-0.05, 0) is 37.6 Å². The third-order valence-corrected chi connectivity index (χ3v) is 4.84. The summed E-state index contributed by atoms with van der Waals surface area (Å²) in [6.07, 6.45) is 0.0828. The number of esters is 1. The lowest BCUT2D eigenvalue weighted by molar-refractivity contribution is -0.147. The molecule has 0 radical (unpaired) electrons. The number of nitrogens with zero attached hydrogens (tertiary/aromatic N) is 1. The first-order chi connectivity index (χ1) is 13.4. The Kier molecular flexibility index (Phi) is 5.78. The van der Waals surface area contributed by atoms with Crippen LogP contribution in [0.25, 0.3) is 0 Å². The molecule has 146 valence electrons. The van der Waals surface area contributed by atoms with E-state index in [1.54, 1.807) is 29.2 Å². The van der Waals surface area contributed by atoms with Crippen LogP contribution in [-0.2, 0) is 14.3 Å². The fourth-order valence-electron chi connectivity index (χ4n) is 3.34. The summed E-state index contributed by atoms with van der Waals surface area (Å²) in [6.45, 7) is 3.82. The van der Waals surface area contributed by atoms with Gasteiger partial charge in [0, 0.05) is 24.2 Å². The number of amides is 1. The molecule has 1 saturated heterocycles. The van der Waals surface area contributed by atoms with Crippen LogP contribution < -0.4 is 9.64 Å². The smallest absolute Gasteiger partial charge is 0.311 e. The van der Waals surface area contributed by atoms with Gasteiger partial charge in [-0.3, -0.25) is 14.4 Å². The molecule has 0 spiro atoms. The largest absolute Gasteiger partial charge is 0.497 e. The van der Waals surface area contributed by atoms with Gasteiger partial charge in [0.2, 0.25) is 5.91 Å². The van der Waals surface area contributed by atoms with Crippen LogP contribution in [0.3, 0.4) is 0 Å². The molecule has 0 aromatic heterocycles. The summed E-state index contributed by atoms with van der Waals surface area (Å²) in [7, 11) is 1.52. The Hall–Kier alpha value is -3.15. The van der Waals surface area contributed by atoms with Crippen LogP contribution in [0.15, 0.2) is 42.5 Å². The highest BCUT2D eigenvalue weighted by Gasteiger charge is 2.36. The van der Waals surface area contributed by atoms with Crippen LogP contribution in [0.5, 0.6) is 5.75 Å². The van der Waals surface area contributed by atoms with Gasteiger partial charge in [0.25, 0.3) is 0 Å². The van der Waals surface area contributed by atoms with Gasteiger partial charge >= 0.3 is 5.97 Å². The molecule has 1 atom stereocenters. The molecule has 28 heavy (non-hydrogen) atoms. The van der Waals surface area contributed by atoms with E-state index >= 15 is 0 Å². The summed E-state index contributed by atoms with van der Waals surface area (Å²) in [5.41, 5.74) is 3.31. The molecule has 1 aliphatic rings. The predicted octanol–water partition coefficient (Wildman–Crippen LogP) is 3.09. The average molecular weight is 381 g/mol. The molecule has 3 rings (SSSR count). The quantitative estimate of drug-likeness (QED) is 0.568. The topological polar surface area (TPSA) is 72.9 Å². The highest BCUT2D eigenvalue weighted by Crippen LogP contribution is 2.29. The van der Waals surface area contributed by atoms with Crippen LogP contribution >= 0.6 is 0 Å². The van der Waals surface area contributed by atoms with Crippen LogP contribution in [-0.4, -0.2) is 37.9 Å². The predicted molar refractivity (Wildman–Crippen MR) is 105 cm³/mol. The Morgan fingerprint density at radius 2 is 1.93 bits per heavy atom. The van der Waals surface area contributed by atoms with Crippen LogP contribution in [0, 0.1) is 19.8 Å². The fraction of sp³-hybridized carbons (Fsp3) is 0.318. The van der Waals surface area contributed by atoms with Crippen molar-refractivity contribution in [3.63, 3.8) is 0 Å². The summed E-state index contributed by atoms with van der Waals surface area (Å²) >= 11 is 0. The van der Waals surface area contributed by atoms with E-state index in [-0.39, 0.29) is 31.3 Å². The number of carbonyl (C=O) groups is 3. The molecular formula is C22H23NO5. The molecule has 0 unspecified atom stereocenters. The molecule has 0 N–H and O–H groups in total. The van der Waals surface area contributed by atoms with E-state index in [2.05, 4.69) is 0 Å². The first-order valence-electron chi connectivity index (χ1n) is 9.10. The van der Waals surface area contributed by atoms with E-state index in [1.807, 2.05) is 32.0 Å². The van der Waals surface area contributed by atoms with Crippen molar-refractivity contribution in [1.82, 2.24) is 0 Å². The van der Waals surface area contributed by atoms with Crippen molar-refractivity contribution in [3.8, 4) is 5.75 Å². The number of benzene rings is 2. The van der Waals surface area contributed by atoms with E-state index in [9.17, 15) is 14.4 Å². The Morgan fingerprint density at radius 1 is 1.14 bits per heavy atom. The number of carbonyl (C=O) groups excluding carboxylic acids is 3. The van der Waals surface area contributed by atoms with Crippen LogP contribution in [0.4, 0.5) is 5.69 Å². The molecule has 0 bridgehead atoms. The summed E-state index contributed by atoms with van der Waals surface area (Å²) in [5, 5.41) is 0. The zero-order valence-electron chi connectivity index (χ0n) is 16.2. The number of ketones is 1. The number of methoxy groups -OCH3 is 1. The van der Waals surface area contributed by atoms with Gasteiger partial charge in [-0.2, -0.15) is 0 Å². The van der Waals surface area contributed by atoms with Crippen LogP contribution in [0.1, 0.15) is 27.9 Å². The Morgan fingerprint density at radius 3 is 2.64 bits per heavy atom. The molecule has 1 heterocycles. The number of Topliss-reactive ketones (excluding diaryl/α,β-unsaturated/α-hetero) is 1. The summed E-state index contributed by atoms with van der Waals surface area (Å²) in [5.74, 6) is -0.985. The van der Waals surface area contributed by atoms with Crippen molar-refractivity contribution in [2.45, 2.75) is 20.3 Å². The first-order valence-corrected chi connectivity index (χ1v) is 9.10. The third kappa shape index (κ3) is 4.22. The van der Waals surface area contributed by atoms with Crippen molar-refractivity contribution < 1.29 is 23.9 Å². The zero-order chi connectivity index (χ0) is 20.3. The molecule has 1 amide bonds. The Balaban J connectivity index is 1.60. The molecular weight excluding hydrogens is 358 g/mol. The molecule has 0 aliphatic carbocycles. The van der Waals surface area contributed by atoms with Crippen molar-refractivity contribution >= 4 is 23.3 Å². The van der Waals surface area contributed by atoms with Gasteiger partial charge in [-0.15, -0.1) is 0 Å². The van der Waals surface area contributed by atoms with Gasteiger partial charge in [-0.1, -0.05) is 29.8 Å². The van der Waals surface area contributed by atoms with Crippen molar-refractivity contribution in [3.05, 3.63) is 59.2 Å². The maximum atomic E-state index is 12.4. The molecule has 1 fully saturated rings. The van der Waals surface area contributed by atoms with Crippen molar-refractivity contribution in [2.24, 2.45) is 5.92 Å². The van der Waals surface area contributed by atoms with Gasteiger partial charge < -0.3 is 14.4 Å². The molecule has 2 aromatic rings. The lowest BCUT2D eigenvalue weighted by Gasteiger charge is -2.19. The van der Waals surface area contributed by atoms with E-state index in [4.69, 9.17) is 9.47 Å². The average Bonchev–Trinajstić information content (AvgIpc) is 3.07. The van der Waals surface area contributed by atoms with E-state index in [0.717, 1.165) is 16.8 Å². The second-order valence-corrected chi connectivity index (χ2v) is 6.96. The third-order valence-electron chi connectivity index (χ3n) is 4.84. The second-order valence-electron chi connectivity index (χ2n) is 6.96. The summed E-state index contributed by atoms with van der Waals surface area (Å²) < 4.78 is 10.3. The van der Waals surface area contributed by atoms with Gasteiger partial charge in [-0.25, -0.2) is 0 Å². The van der Waals surface area contributed by atoms with Gasteiger partial charge in [0.15, 0.2) is 12.4 Å². The number of aryl methyl sites for hydroxylation is 2. The van der Waals surface area contributed by atoms with Gasteiger partial charge in [0.1, 0.15) is 5.75 Å². The summed E-state index contributed by atoms with van der Waals surface area (Å²) in [4.78, 5) is 38.6. The van der Waals surface area contributed by atoms with Gasteiger partial charge in [0.05, 0.1) is 13.0 Å². The minimum atomic E-state index is -0.577. The maximum Gasteiger partial charge on any atom is 0.311 e. The van der Waals surface area contributed by atoms with Crippen LogP contribution in [0.2, 0.25) is 0 Å². The normalized spacial score (nSPS) is 16.2. The lowest BCUT2D eigenvalue weighted by Crippen LogP contribution is -2.27. The fourth-order valence-corrected chi connectivity index (χ4v) is 3.34. The molecule has 6 heteroatoms. The standard InChI is InChI=1S/C22H23NO5/c1-14-7-8-19(15(2)9-14)23-12-17(11-21(23)25)22(26)28-13-20(24)16-5-4-6-18(10-16)27-3/h4-10,17H,11-13H2,1-3H3/t17-/m0/s1. The highest BCUT2D eigenvalue weighted by atomic mass is 16.5. The maximum absolute atomic E-state index is 12.4. The Labute approximate surface area is 164 Å². The number of anilines is 1. The summed E-state index contributed by atoms with van der Waals surface area (Å²) in [6, 6.07) is 12.5. The molecule has 6 nitrogen and oxygen atoms in total. The molecule has 0 saturated carbocycles. The number of hydrogen-bond acceptors (Lipinski definition) is 5. The molecule has 1 aliphatic heterocycles. The van der Waals surface area contributed by atoms with Crippen molar-refractivity contribution in [1.29, 1.82) is 0 Å². The zero-order valence-corrected chi connectivity index (χ0v) is 16.2. The van der Waals surface area contributed by atoms with E-state index < -0.39 is 11.9 Å². The van der Waals surface area contributed by atoms with E-state index in [0.29, 0.717) is 11.3 Å². The minimum Gasteiger partial charge on any atom is -0.497 e. The number of hydrogen-bond donors (Lipinski definition) is 0. The second kappa shape index (κ2) is 8.25. The highest BCUT2D eigenvalue weighted by molar-refractivity contribution is 6.01. The minimum absolute atomic E-state index is 0.0828. The monoisotopic (exact) mass is 381 g/mol. The molecule has 2 aromatic carbocycles. The number of ether oxygens (including phenoxy) is 2. The first kappa shape index (κ1) is 19.6. The lowest BCUT2D eigenvalue weighted by atomic mass is 10.1. The van der Waals surface area contributed by atoms with Crippen molar-refractivity contribution in [2.75, 3.05) is 25.2 Å². The number of rotatable bonds is 6.